The van der Waals surface area contributed by atoms with E-state index in [1.54, 1.807) is 0 Å². The Hall–Kier alpha value is -2.08. The fourth-order valence-corrected chi connectivity index (χ4v) is 1.60. The maximum atomic E-state index is 3.15. The Morgan fingerprint density at radius 2 is 1.35 bits per heavy atom. The first-order chi connectivity index (χ1) is 8.36. The van der Waals surface area contributed by atoms with Gasteiger partial charge in [0.1, 0.15) is 0 Å². The van der Waals surface area contributed by atoms with Crippen LogP contribution < -0.4 is 0 Å². The van der Waals surface area contributed by atoms with Crippen molar-refractivity contribution >= 4 is 10.8 Å². The molecule has 0 fully saturated rings. The van der Waals surface area contributed by atoms with Crippen molar-refractivity contribution < 1.29 is 0 Å². The van der Waals surface area contributed by atoms with Crippen molar-refractivity contribution in [3.63, 3.8) is 0 Å². The second-order valence-corrected chi connectivity index (χ2v) is 3.91. The third kappa shape index (κ3) is 3.46. The molecular formula is C17H15. The summed E-state index contributed by atoms with van der Waals surface area (Å²) in [5, 5.41) is 2.44. The maximum absolute atomic E-state index is 3.15. The Morgan fingerprint density at radius 1 is 0.706 bits per heavy atom. The Kier molecular flexibility index (Phi) is 3.93. The van der Waals surface area contributed by atoms with Gasteiger partial charge in [-0.1, -0.05) is 78.4 Å². The zero-order valence-corrected chi connectivity index (χ0v) is 9.93. The second kappa shape index (κ2) is 5.86. The van der Waals surface area contributed by atoms with Crippen molar-refractivity contribution in [1.29, 1.82) is 0 Å². The van der Waals surface area contributed by atoms with E-state index in [-0.39, 0.29) is 0 Å². The van der Waals surface area contributed by atoms with Gasteiger partial charge in [0.15, 0.2) is 0 Å². The van der Waals surface area contributed by atoms with Crippen LogP contribution in [0, 0.1) is 13.0 Å². The molecule has 0 aromatic heterocycles. The van der Waals surface area contributed by atoms with Crippen molar-refractivity contribution in [3.05, 3.63) is 84.4 Å². The van der Waals surface area contributed by atoms with Crippen LogP contribution in [0.3, 0.4) is 0 Å². The first kappa shape index (κ1) is 11.4. The van der Waals surface area contributed by atoms with E-state index < -0.39 is 0 Å². The van der Waals surface area contributed by atoms with Gasteiger partial charge in [-0.25, -0.2) is 0 Å². The average Bonchev–Trinajstić information content (AvgIpc) is 2.41. The van der Waals surface area contributed by atoms with Crippen molar-refractivity contribution in [3.8, 4) is 0 Å². The molecular weight excluding hydrogens is 204 g/mol. The number of rotatable bonds is 0. The highest BCUT2D eigenvalue weighted by atomic mass is 13.9. The van der Waals surface area contributed by atoms with Crippen molar-refractivity contribution in [2.45, 2.75) is 6.92 Å². The quantitative estimate of drug-likeness (QED) is 0.517. The molecule has 3 rings (SSSR count). The summed E-state index contributed by atoms with van der Waals surface area (Å²) in [5.74, 6) is 0. The third-order valence-electron chi connectivity index (χ3n) is 2.51. The molecule has 0 N–H and O–H groups in total. The van der Waals surface area contributed by atoms with Gasteiger partial charge in [0, 0.05) is 0 Å². The highest BCUT2D eigenvalue weighted by Gasteiger charge is 1.85. The van der Waals surface area contributed by atoms with E-state index in [0.29, 0.717) is 0 Å². The van der Waals surface area contributed by atoms with Crippen LogP contribution in [0.2, 0.25) is 0 Å². The van der Waals surface area contributed by atoms with Crippen LogP contribution in [-0.2, 0) is 0 Å². The molecule has 17 heavy (non-hydrogen) atoms. The van der Waals surface area contributed by atoms with Gasteiger partial charge in [0.05, 0.1) is 0 Å². The number of aryl methyl sites for hydroxylation is 1. The van der Waals surface area contributed by atoms with Gasteiger partial charge >= 0.3 is 0 Å². The van der Waals surface area contributed by atoms with Gasteiger partial charge in [-0.3, -0.25) is 0 Å². The fraction of sp³-hybridized carbons (Fsp3) is 0.0588. The lowest BCUT2D eigenvalue weighted by Gasteiger charge is -1.91. The summed E-state index contributed by atoms with van der Waals surface area (Å²) in [7, 11) is 0. The number of hydrogen-bond donors (Lipinski definition) is 0. The van der Waals surface area contributed by atoms with Gasteiger partial charge in [0.25, 0.3) is 0 Å². The lowest BCUT2D eigenvalue weighted by Crippen LogP contribution is -1.67. The van der Waals surface area contributed by atoms with E-state index >= 15 is 0 Å². The van der Waals surface area contributed by atoms with Crippen LogP contribution in [0.15, 0.2) is 72.8 Å². The zero-order chi connectivity index (χ0) is 11.9. The average molecular weight is 219 g/mol. The van der Waals surface area contributed by atoms with Gasteiger partial charge in [-0.2, -0.15) is 0 Å². The largest absolute Gasteiger partial charge is 0.0622 e. The molecule has 0 heterocycles. The molecule has 0 spiro atoms. The molecule has 0 nitrogen and oxygen atoms in total. The smallest absolute Gasteiger partial charge is 0.00992 e. The maximum Gasteiger partial charge on any atom is -0.00992 e. The van der Waals surface area contributed by atoms with Crippen molar-refractivity contribution in [2.24, 2.45) is 0 Å². The molecule has 3 aromatic rings. The van der Waals surface area contributed by atoms with Crippen molar-refractivity contribution in [2.75, 3.05) is 0 Å². The molecule has 0 bridgehead atoms. The summed E-state index contributed by atoms with van der Waals surface area (Å²) in [5.41, 5.74) is 1.32. The lowest BCUT2D eigenvalue weighted by molar-refractivity contribution is 1.48. The standard InChI is InChI=1S/C10H7.C7H8/c1-2-6-10-8-4-3-7-9(10)5-1;1-7-5-3-2-4-6-7/h1-7H;2-6H,1H3. The molecule has 0 aliphatic heterocycles. The Morgan fingerprint density at radius 3 is 2.00 bits per heavy atom. The molecule has 3 aromatic carbocycles. The van der Waals surface area contributed by atoms with Crippen LogP contribution in [0.4, 0.5) is 0 Å². The SMILES string of the molecule is Cc1ccccc1.[c]1cccc2ccccc12. The van der Waals surface area contributed by atoms with Crippen LogP contribution in [0.25, 0.3) is 10.8 Å². The van der Waals surface area contributed by atoms with Gasteiger partial charge in [-0.15, -0.1) is 0 Å². The molecule has 0 aliphatic carbocycles. The summed E-state index contributed by atoms with van der Waals surface area (Å²) < 4.78 is 0. The second-order valence-electron chi connectivity index (χ2n) is 3.91. The van der Waals surface area contributed by atoms with E-state index in [9.17, 15) is 0 Å². The first-order valence-electron chi connectivity index (χ1n) is 5.73. The highest BCUT2D eigenvalue weighted by molar-refractivity contribution is 5.81. The normalized spacial score (nSPS) is 9.47. The molecule has 83 valence electrons. The van der Waals surface area contributed by atoms with Crippen LogP contribution in [-0.4, -0.2) is 0 Å². The molecule has 0 amide bonds. The minimum absolute atomic E-state index is 1.19. The summed E-state index contributed by atoms with van der Waals surface area (Å²) in [4.78, 5) is 0. The van der Waals surface area contributed by atoms with Crippen LogP contribution in [0.1, 0.15) is 5.56 Å². The van der Waals surface area contributed by atoms with Gasteiger partial charge < -0.3 is 0 Å². The van der Waals surface area contributed by atoms with Crippen LogP contribution in [0.5, 0.6) is 0 Å². The molecule has 1 radical (unpaired) electrons. The predicted molar refractivity (Wildman–Crippen MR) is 74.0 cm³/mol. The molecule has 0 atom stereocenters. The van der Waals surface area contributed by atoms with Crippen molar-refractivity contribution in [1.82, 2.24) is 0 Å². The lowest BCUT2D eigenvalue weighted by atomic mass is 10.1. The molecule has 0 aliphatic rings. The van der Waals surface area contributed by atoms with Gasteiger partial charge in [0.2, 0.25) is 0 Å². The molecule has 0 saturated carbocycles. The Bertz CT molecular complexity index is 502. The topological polar surface area (TPSA) is 0 Å². The summed E-state index contributed by atoms with van der Waals surface area (Å²) in [6, 6.07) is 27.7. The van der Waals surface area contributed by atoms with Gasteiger partial charge in [-0.05, 0) is 23.8 Å². The monoisotopic (exact) mass is 219 g/mol. The third-order valence-corrected chi connectivity index (χ3v) is 2.51. The predicted octanol–water partition coefficient (Wildman–Crippen LogP) is 4.64. The Balaban J connectivity index is 0.000000136. The highest BCUT2D eigenvalue weighted by Crippen LogP contribution is 2.10. The summed E-state index contributed by atoms with van der Waals surface area (Å²) in [6.07, 6.45) is 0. The fourth-order valence-electron chi connectivity index (χ4n) is 1.60. The molecule has 0 unspecified atom stereocenters. The number of fused-ring (bicyclic) bond motifs is 1. The van der Waals surface area contributed by atoms with E-state index in [0.717, 1.165) is 0 Å². The summed E-state index contributed by atoms with van der Waals surface area (Å²) in [6.45, 7) is 2.08. The number of benzene rings is 3. The zero-order valence-electron chi connectivity index (χ0n) is 9.93. The number of hydrogen-bond acceptors (Lipinski definition) is 0. The first-order valence-corrected chi connectivity index (χ1v) is 5.73. The van der Waals surface area contributed by atoms with E-state index in [2.05, 4.69) is 43.3 Å². The molecule has 0 saturated heterocycles. The minimum atomic E-state index is 1.19. The van der Waals surface area contributed by atoms with Crippen LogP contribution >= 0.6 is 0 Å². The van der Waals surface area contributed by atoms with E-state index in [1.807, 2.05) is 42.5 Å². The Labute approximate surface area is 103 Å². The molecule has 0 heteroatoms. The van der Waals surface area contributed by atoms with E-state index in [4.69, 9.17) is 0 Å². The van der Waals surface area contributed by atoms with E-state index in [1.165, 1.54) is 16.3 Å². The summed E-state index contributed by atoms with van der Waals surface area (Å²) >= 11 is 0. The minimum Gasteiger partial charge on any atom is -0.0622 e.